The van der Waals surface area contributed by atoms with E-state index < -0.39 is 10.0 Å². The molecule has 1 heterocycles. The number of nitrogens with two attached hydrogens (primary N) is 1. The number of hydrogen-bond acceptors (Lipinski definition) is 5. The van der Waals surface area contributed by atoms with Gasteiger partial charge in [0.25, 0.3) is 0 Å². The summed E-state index contributed by atoms with van der Waals surface area (Å²) >= 11 is 1.69. The summed E-state index contributed by atoms with van der Waals surface area (Å²) in [5, 5.41) is 8.20. The molecule has 5 nitrogen and oxygen atoms in total. The van der Waals surface area contributed by atoms with E-state index in [0.29, 0.717) is 12.2 Å². The van der Waals surface area contributed by atoms with Gasteiger partial charge in [0, 0.05) is 5.69 Å². The zero-order valence-corrected chi connectivity index (χ0v) is 12.6. The maximum absolute atomic E-state index is 11.3. The molecule has 0 unspecified atom stereocenters. The minimum Gasteiger partial charge on any atom is -0.463 e. The molecule has 0 saturated carbocycles. The molecule has 20 heavy (non-hydrogen) atoms. The summed E-state index contributed by atoms with van der Waals surface area (Å²) in [4.78, 5) is 0.0880. The van der Waals surface area contributed by atoms with Gasteiger partial charge in [-0.2, -0.15) is 11.8 Å². The summed E-state index contributed by atoms with van der Waals surface area (Å²) in [7, 11) is -3.68. The van der Waals surface area contributed by atoms with E-state index in [0.717, 1.165) is 17.3 Å². The Hall–Kier alpha value is -1.44. The van der Waals surface area contributed by atoms with Gasteiger partial charge < -0.3 is 9.73 Å². The van der Waals surface area contributed by atoms with Gasteiger partial charge in [0.15, 0.2) is 0 Å². The van der Waals surface area contributed by atoms with Gasteiger partial charge in [-0.25, -0.2) is 13.6 Å². The molecular weight excluding hydrogens is 296 g/mol. The Balaban J connectivity index is 2.03. The normalized spacial score (nSPS) is 11.5. The van der Waals surface area contributed by atoms with Gasteiger partial charge >= 0.3 is 0 Å². The third-order valence-electron chi connectivity index (χ3n) is 2.63. The predicted molar refractivity (Wildman–Crippen MR) is 81.1 cm³/mol. The molecule has 0 aliphatic rings. The summed E-state index contributed by atoms with van der Waals surface area (Å²) in [6.07, 6.45) is 2.01. The van der Waals surface area contributed by atoms with Crippen LogP contribution < -0.4 is 10.5 Å². The first kappa shape index (κ1) is 15.0. The number of sulfonamides is 1. The van der Waals surface area contributed by atoms with Gasteiger partial charge in [-0.05, 0) is 36.6 Å². The van der Waals surface area contributed by atoms with Crippen molar-refractivity contribution in [1.82, 2.24) is 0 Å². The van der Waals surface area contributed by atoms with E-state index in [9.17, 15) is 8.42 Å². The lowest BCUT2D eigenvalue weighted by Gasteiger charge is -2.06. The molecule has 7 heteroatoms. The van der Waals surface area contributed by atoms with Crippen molar-refractivity contribution in [1.29, 1.82) is 0 Å². The number of benzene rings is 1. The monoisotopic (exact) mass is 312 g/mol. The Bertz CT molecular complexity index is 680. The van der Waals surface area contributed by atoms with Crippen LogP contribution in [0.25, 0.3) is 0 Å². The van der Waals surface area contributed by atoms with Crippen LogP contribution in [0.4, 0.5) is 5.69 Å². The Morgan fingerprint density at radius 2 is 2.00 bits per heavy atom. The van der Waals surface area contributed by atoms with Crippen LogP contribution in [0.1, 0.15) is 11.5 Å². The standard InChI is InChI=1S/C13H16N2O3S2/c1-19-9-12-6-5-11(18-12)8-15-10-3-2-4-13(7-10)20(14,16)17/h2-7,15H,8-9H2,1H3,(H2,14,16,17). The predicted octanol–water partition coefficient (Wildman–Crippen LogP) is 2.40. The molecule has 0 radical (unpaired) electrons. The van der Waals surface area contributed by atoms with Gasteiger partial charge in [0.1, 0.15) is 11.5 Å². The number of hydrogen-bond donors (Lipinski definition) is 2. The quantitative estimate of drug-likeness (QED) is 0.855. The molecule has 0 saturated heterocycles. The van der Waals surface area contributed by atoms with Crippen molar-refractivity contribution < 1.29 is 12.8 Å². The highest BCUT2D eigenvalue weighted by Gasteiger charge is 2.08. The van der Waals surface area contributed by atoms with Crippen LogP contribution in [-0.4, -0.2) is 14.7 Å². The number of furan rings is 1. The first-order chi connectivity index (χ1) is 9.49. The van der Waals surface area contributed by atoms with Crippen molar-refractivity contribution in [2.45, 2.75) is 17.2 Å². The van der Waals surface area contributed by atoms with Crippen molar-refractivity contribution in [3.05, 3.63) is 47.9 Å². The van der Waals surface area contributed by atoms with Crippen molar-refractivity contribution in [3.63, 3.8) is 0 Å². The highest BCUT2D eigenvalue weighted by Crippen LogP contribution is 2.17. The van der Waals surface area contributed by atoms with E-state index in [1.165, 1.54) is 12.1 Å². The van der Waals surface area contributed by atoms with Gasteiger partial charge in [-0.15, -0.1) is 0 Å². The van der Waals surface area contributed by atoms with E-state index >= 15 is 0 Å². The maximum atomic E-state index is 11.3. The van der Waals surface area contributed by atoms with Crippen molar-refractivity contribution in [2.24, 2.45) is 5.14 Å². The van der Waals surface area contributed by atoms with Crippen LogP contribution in [0, 0.1) is 0 Å². The largest absolute Gasteiger partial charge is 0.463 e. The third kappa shape index (κ3) is 4.03. The molecule has 0 aliphatic heterocycles. The zero-order valence-electron chi connectivity index (χ0n) is 11.0. The average Bonchev–Trinajstić information content (AvgIpc) is 2.84. The topological polar surface area (TPSA) is 85.3 Å². The smallest absolute Gasteiger partial charge is 0.238 e. The van der Waals surface area contributed by atoms with E-state index in [-0.39, 0.29) is 4.90 Å². The molecule has 0 bridgehead atoms. The van der Waals surface area contributed by atoms with Crippen molar-refractivity contribution in [3.8, 4) is 0 Å². The molecule has 2 rings (SSSR count). The van der Waals surface area contributed by atoms with Gasteiger partial charge in [-0.1, -0.05) is 6.07 Å². The molecule has 0 aliphatic carbocycles. The fourth-order valence-corrected chi connectivity index (χ4v) is 2.71. The summed E-state index contributed by atoms with van der Waals surface area (Å²) in [6, 6.07) is 10.2. The SMILES string of the molecule is CSCc1ccc(CNc2cccc(S(N)(=O)=O)c2)o1. The van der Waals surface area contributed by atoms with Gasteiger partial charge in [-0.3, -0.25) is 0 Å². The summed E-state index contributed by atoms with van der Waals surface area (Å²) in [6.45, 7) is 0.489. The lowest BCUT2D eigenvalue weighted by Crippen LogP contribution is -2.12. The number of nitrogens with one attached hydrogen (secondary N) is 1. The zero-order chi connectivity index (χ0) is 14.6. The third-order valence-corrected chi connectivity index (χ3v) is 4.12. The fourth-order valence-electron chi connectivity index (χ4n) is 1.71. The highest BCUT2D eigenvalue weighted by atomic mass is 32.2. The number of thioether (sulfide) groups is 1. The summed E-state index contributed by atoms with van der Waals surface area (Å²) < 4.78 is 28.1. The van der Waals surface area contributed by atoms with Crippen molar-refractivity contribution >= 4 is 27.5 Å². The van der Waals surface area contributed by atoms with Gasteiger partial charge in [0.2, 0.25) is 10.0 Å². The minimum absolute atomic E-state index is 0.0880. The number of anilines is 1. The Kier molecular flexibility index (Phi) is 4.74. The lowest BCUT2D eigenvalue weighted by atomic mass is 10.3. The molecule has 0 amide bonds. The molecule has 108 valence electrons. The second-order valence-corrected chi connectivity index (χ2v) is 6.65. The molecule has 0 atom stereocenters. The van der Waals surface area contributed by atoms with E-state index in [4.69, 9.17) is 9.56 Å². The average molecular weight is 312 g/mol. The molecule has 0 fully saturated rings. The summed E-state index contributed by atoms with van der Waals surface area (Å²) in [5.41, 5.74) is 0.680. The molecule has 0 spiro atoms. The molecular formula is C13H16N2O3S2. The van der Waals surface area contributed by atoms with E-state index in [1.807, 2.05) is 18.4 Å². The lowest BCUT2D eigenvalue weighted by molar-refractivity contribution is 0.487. The second kappa shape index (κ2) is 6.34. The van der Waals surface area contributed by atoms with Crippen LogP contribution in [0.5, 0.6) is 0 Å². The van der Waals surface area contributed by atoms with Crippen LogP contribution in [0.3, 0.4) is 0 Å². The van der Waals surface area contributed by atoms with Crippen molar-refractivity contribution in [2.75, 3.05) is 11.6 Å². The van der Waals surface area contributed by atoms with Crippen LogP contribution >= 0.6 is 11.8 Å². The van der Waals surface area contributed by atoms with Crippen LogP contribution in [0.15, 0.2) is 45.7 Å². The molecule has 1 aromatic carbocycles. The highest BCUT2D eigenvalue weighted by molar-refractivity contribution is 7.97. The van der Waals surface area contributed by atoms with E-state index in [1.54, 1.807) is 23.9 Å². The number of primary sulfonamides is 1. The Morgan fingerprint density at radius 1 is 1.25 bits per heavy atom. The van der Waals surface area contributed by atoms with E-state index in [2.05, 4.69) is 5.32 Å². The first-order valence-electron chi connectivity index (χ1n) is 5.92. The molecule has 1 aromatic heterocycles. The maximum Gasteiger partial charge on any atom is 0.238 e. The van der Waals surface area contributed by atoms with Gasteiger partial charge in [0.05, 0.1) is 17.2 Å². The Morgan fingerprint density at radius 3 is 2.70 bits per heavy atom. The second-order valence-electron chi connectivity index (χ2n) is 4.23. The van der Waals surface area contributed by atoms with Crippen LogP contribution in [-0.2, 0) is 22.3 Å². The summed E-state index contributed by atoms with van der Waals surface area (Å²) in [5.74, 6) is 2.56. The number of rotatable bonds is 6. The minimum atomic E-state index is -3.68. The molecule has 2 aromatic rings. The first-order valence-corrected chi connectivity index (χ1v) is 8.86. The fraction of sp³-hybridized carbons (Fsp3) is 0.231. The van der Waals surface area contributed by atoms with Crippen LogP contribution in [0.2, 0.25) is 0 Å². The molecule has 3 N–H and O–H groups in total. The Labute approximate surface area is 122 Å².